The molecule has 7 nitrogen and oxygen atoms in total. The molecule has 7 heteroatoms. The summed E-state index contributed by atoms with van der Waals surface area (Å²) in [5.74, 6) is 0. The number of carbonyl (C=O) groups excluding carboxylic acids is 1. The van der Waals surface area contributed by atoms with Crippen LogP contribution in [0.5, 0.6) is 0 Å². The zero-order valence-corrected chi connectivity index (χ0v) is 12.9. The van der Waals surface area contributed by atoms with Gasteiger partial charge in [0, 0.05) is 59.6 Å². The van der Waals surface area contributed by atoms with Crippen LogP contribution in [0.1, 0.15) is 5.56 Å². The summed E-state index contributed by atoms with van der Waals surface area (Å²) >= 11 is 0. The van der Waals surface area contributed by atoms with E-state index in [1.54, 1.807) is 11.8 Å². The van der Waals surface area contributed by atoms with Crippen LogP contribution in [0.3, 0.4) is 0 Å². The molecule has 118 valence electrons. The Morgan fingerprint density at radius 2 is 2.14 bits per heavy atom. The van der Waals surface area contributed by atoms with Gasteiger partial charge < -0.3 is 15.0 Å². The van der Waals surface area contributed by atoms with Crippen molar-refractivity contribution in [1.29, 1.82) is 0 Å². The largest absolute Gasteiger partial charge is 0.383 e. The van der Waals surface area contributed by atoms with E-state index in [0.29, 0.717) is 6.54 Å². The molecule has 1 aliphatic rings. The lowest BCUT2D eigenvalue weighted by molar-refractivity contribution is 0.106. The number of amides is 2. The molecule has 2 amide bonds. The molecule has 0 unspecified atom stereocenters. The number of rotatable bonds is 6. The maximum Gasteiger partial charge on any atom is 0.317 e. The van der Waals surface area contributed by atoms with Crippen molar-refractivity contribution in [3.63, 3.8) is 0 Å². The normalized spacial score (nSPS) is 16.2. The van der Waals surface area contributed by atoms with E-state index in [1.807, 2.05) is 24.3 Å². The lowest BCUT2D eigenvalue weighted by atomic mass is 10.2. The summed E-state index contributed by atoms with van der Waals surface area (Å²) in [6, 6.07) is 0.0327. The molecule has 1 aromatic rings. The number of aromatic nitrogens is 2. The monoisotopic (exact) mass is 295 g/mol. The van der Waals surface area contributed by atoms with Crippen LogP contribution in [0.15, 0.2) is 12.4 Å². The van der Waals surface area contributed by atoms with Gasteiger partial charge in [0.25, 0.3) is 0 Å². The fourth-order valence-corrected chi connectivity index (χ4v) is 2.42. The van der Waals surface area contributed by atoms with Gasteiger partial charge in [-0.15, -0.1) is 0 Å². The molecule has 0 aliphatic carbocycles. The predicted octanol–water partition coefficient (Wildman–Crippen LogP) is -0.0638. The fraction of sp³-hybridized carbons (Fsp3) is 0.714. The predicted molar refractivity (Wildman–Crippen MR) is 80.2 cm³/mol. The van der Waals surface area contributed by atoms with Gasteiger partial charge in [-0.25, -0.2) is 4.79 Å². The summed E-state index contributed by atoms with van der Waals surface area (Å²) in [7, 11) is 3.61. The Labute approximate surface area is 125 Å². The zero-order valence-electron chi connectivity index (χ0n) is 12.9. The first-order valence-corrected chi connectivity index (χ1v) is 7.40. The summed E-state index contributed by atoms with van der Waals surface area (Å²) in [5.41, 5.74) is 1.14. The van der Waals surface area contributed by atoms with Crippen molar-refractivity contribution < 1.29 is 9.53 Å². The van der Waals surface area contributed by atoms with Crippen molar-refractivity contribution in [3.05, 3.63) is 18.0 Å². The third-order valence-corrected chi connectivity index (χ3v) is 3.72. The first kappa shape index (κ1) is 15.8. The number of hydrogen-bond donors (Lipinski definition) is 1. The molecule has 2 rings (SSSR count). The molecule has 0 spiro atoms. The third-order valence-electron chi connectivity index (χ3n) is 3.72. The minimum absolute atomic E-state index is 0.0327. The van der Waals surface area contributed by atoms with E-state index >= 15 is 0 Å². The van der Waals surface area contributed by atoms with E-state index in [1.165, 1.54) is 0 Å². The van der Waals surface area contributed by atoms with Crippen molar-refractivity contribution >= 4 is 6.03 Å². The summed E-state index contributed by atoms with van der Waals surface area (Å²) in [4.78, 5) is 16.3. The highest BCUT2D eigenvalue weighted by molar-refractivity contribution is 5.74. The maximum atomic E-state index is 12.1. The second-order valence-electron chi connectivity index (χ2n) is 5.33. The average molecular weight is 295 g/mol. The summed E-state index contributed by atoms with van der Waals surface area (Å²) < 4.78 is 6.85. The number of ether oxygens (including phenoxy) is 1. The van der Waals surface area contributed by atoms with Crippen LogP contribution in [0, 0.1) is 0 Å². The third kappa shape index (κ3) is 5.02. The van der Waals surface area contributed by atoms with Gasteiger partial charge >= 0.3 is 6.03 Å². The Morgan fingerprint density at radius 3 is 2.76 bits per heavy atom. The van der Waals surface area contributed by atoms with Crippen LogP contribution in [0.2, 0.25) is 0 Å². The molecular weight excluding hydrogens is 270 g/mol. The molecule has 21 heavy (non-hydrogen) atoms. The van der Waals surface area contributed by atoms with Gasteiger partial charge in [0.15, 0.2) is 0 Å². The van der Waals surface area contributed by atoms with E-state index in [9.17, 15) is 4.79 Å². The standard InChI is InChI=1S/C14H25N5O2/c1-17-12-13(11-16-17)3-4-15-14(20)19-7-5-18(6-8-19)9-10-21-2/h11-12H,3-10H2,1-2H3,(H,15,20). The smallest absolute Gasteiger partial charge is 0.317 e. The van der Waals surface area contributed by atoms with Crippen LogP contribution in [0.4, 0.5) is 4.79 Å². The molecule has 0 atom stereocenters. The first-order chi connectivity index (χ1) is 10.2. The van der Waals surface area contributed by atoms with Gasteiger partial charge in [-0.05, 0) is 12.0 Å². The van der Waals surface area contributed by atoms with E-state index in [-0.39, 0.29) is 6.03 Å². The Bertz CT molecular complexity index is 440. The number of piperazine rings is 1. The van der Waals surface area contributed by atoms with Gasteiger partial charge in [-0.2, -0.15) is 5.10 Å². The van der Waals surface area contributed by atoms with Gasteiger partial charge in [0.05, 0.1) is 12.8 Å². The quantitative estimate of drug-likeness (QED) is 0.798. The van der Waals surface area contributed by atoms with E-state index in [0.717, 1.165) is 51.3 Å². The molecule has 0 saturated carbocycles. The number of aryl methyl sites for hydroxylation is 1. The minimum Gasteiger partial charge on any atom is -0.383 e. The van der Waals surface area contributed by atoms with Crippen molar-refractivity contribution in [1.82, 2.24) is 24.9 Å². The number of nitrogens with one attached hydrogen (secondary N) is 1. The number of carbonyl (C=O) groups is 1. The summed E-state index contributed by atoms with van der Waals surface area (Å²) in [5, 5.41) is 7.09. The first-order valence-electron chi connectivity index (χ1n) is 7.40. The molecule has 1 N–H and O–H groups in total. The van der Waals surface area contributed by atoms with Crippen LogP contribution < -0.4 is 5.32 Å². The Kier molecular flexibility index (Phi) is 6.01. The zero-order chi connectivity index (χ0) is 15.1. The molecule has 1 saturated heterocycles. The summed E-state index contributed by atoms with van der Waals surface area (Å²) in [6.45, 7) is 5.72. The van der Waals surface area contributed by atoms with Crippen LogP contribution in [-0.2, 0) is 18.2 Å². The van der Waals surface area contributed by atoms with Crippen LogP contribution in [0.25, 0.3) is 0 Å². The molecular formula is C14H25N5O2. The number of nitrogens with zero attached hydrogens (tertiary/aromatic N) is 4. The Balaban J connectivity index is 1.63. The van der Waals surface area contributed by atoms with Gasteiger partial charge in [0.1, 0.15) is 0 Å². The molecule has 1 fully saturated rings. The highest BCUT2D eigenvalue weighted by Crippen LogP contribution is 2.02. The number of methoxy groups -OCH3 is 1. The number of urea groups is 1. The Morgan fingerprint density at radius 1 is 1.38 bits per heavy atom. The fourth-order valence-electron chi connectivity index (χ4n) is 2.42. The molecule has 0 aromatic carbocycles. The van der Waals surface area contributed by atoms with Gasteiger partial charge in [0.2, 0.25) is 0 Å². The lowest BCUT2D eigenvalue weighted by Crippen LogP contribution is -2.52. The lowest BCUT2D eigenvalue weighted by Gasteiger charge is -2.34. The topological polar surface area (TPSA) is 62.6 Å². The average Bonchev–Trinajstić information content (AvgIpc) is 2.91. The SMILES string of the molecule is COCCN1CCN(C(=O)NCCc2cnn(C)c2)CC1. The van der Waals surface area contributed by atoms with E-state index in [2.05, 4.69) is 15.3 Å². The summed E-state index contributed by atoms with van der Waals surface area (Å²) in [6.07, 6.45) is 4.62. The highest BCUT2D eigenvalue weighted by Gasteiger charge is 2.20. The van der Waals surface area contributed by atoms with Crippen molar-refractivity contribution in [3.8, 4) is 0 Å². The molecule has 1 aliphatic heterocycles. The molecule has 2 heterocycles. The van der Waals surface area contributed by atoms with E-state index in [4.69, 9.17) is 4.74 Å². The second-order valence-corrected chi connectivity index (χ2v) is 5.33. The molecule has 1 aromatic heterocycles. The maximum absolute atomic E-state index is 12.1. The van der Waals surface area contributed by atoms with Crippen LogP contribution >= 0.6 is 0 Å². The van der Waals surface area contributed by atoms with Crippen molar-refractivity contribution in [2.75, 3.05) is 53.0 Å². The highest BCUT2D eigenvalue weighted by atomic mass is 16.5. The van der Waals surface area contributed by atoms with Crippen molar-refractivity contribution in [2.24, 2.45) is 7.05 Å². The van der Waals surface area contributed by atoms with Crippen LogP contribution in [-0.4, -0.2) is 78.6 Å². The van der Waals surface area contributed by atoms with Gasteiger partial charge in [-0.3, -0.25) is 9.58 Å². The van der Waals surface area contributed by atoms with Gasteiger partial charge in [-0.1, -0.05) is 0 Å². The minimum atomic E-state index is 0.0327. The Hall–Kier alpha value is -1.60. The van der Waals surface area contributed by atoms with Crippen molar-refractivity contribution in [2.45, 2.75) is 6.42 Å². The molecule has 0 radical (unpaired) electrons. The second kappa shape index (κ2) is 7.99. The van der Waals surface area contributed by atoms with E-state index < -0.39 is 0 Å². The molecule has 0 bridgehead atoms. The number of hydrogen-bond acceptors (Lipinski definition) is 4.